The van der Waals surface area contributed by atoms with Crippen LogP contribution in [0.4, 0.5) is 31.1 Å². The molecule has 0 N–H and O–H groups in total. The highest BCUT2D eigenvalue weighted by Crippen LogP contribution is 2.44. The molecule has 1 aliphatic rings. The minimum atomic E-state index is -5.77. The third-order valence-corrected chi connectivity index (χ3v) is 4.18. The summed E-state index contributed by atoms with van der Waals surface area (Å²) in [6.07, 6.45) is -13.2. The highest BCUT2D eigenvalue weighted by Gasteiger charge is 2.70. The van der Waals surface area contributed by atoms with Crippen LogP contribution in [0.3, 0.4) is 0 Å². The Bertz CT molecular complexity index is 464. The summed E-state index contributed by atoms with van der Waals surface area (Å²) in [5, 5.41) is 0. The van der Waals surface area contributed by atoms with E-state index in [0.717, 1.165) is 4.90 Å². The number of hydrogen-bond acceptors (Lipinski definition) is 3. The van der Waals surface area contributed by atoms with Gasteiger partial charge in [0.05, 0.1) is 0 Å². The van der Waals surface area contributed by atoms with Crippen molar-refractivity contribution in [1.29, 1.82) is 0 Å². The molecule has 4 nitrogen and oxygen atoms in total. The van der Waals surface area contributed by atoms with E-state index >= 15 is 0 Å². The van der Waals surface area contributed by atoms with Crippen molar-refractivity contribution >= 4 is 21.8 Å². The fourth-order valence-corrected chi connectivity index (χ4v) is 2.35. The Labute approximate surface area is 138 Å². The Balaban J connectivity index is 2.92. The molecule has 1 heterocycles. The van der Waals surface area contributed by atoms with Crippen LogP contribution in [-0.4, -0.2) is 80.6 Å². The van der Waals surface area contributed by atoms with Gasteiger partial charge < -0.3 is 9.64 Å². The van der Waals surface area contributed by atoms with Gasteiger partial charge in [-0.2, -0.15) is 26.3 Å². The maximum absolute atomic E-state index is 12.8. The Morgan fingerprint density at radius 1 is 1.04 bits per heavy atom. The normalized spacial score (nSPS) is 21.7. The van der Waals surface area contributed by atoms with Crippen molar-refractivity contribution in [1.82, 2.24) is 9.80 Å². The van der Waals surface area contributed by atoms with E-state index in [2.05, 4.69) is 4.74 Å². The average Bonchev–Trinajstić information content (AvgIpc) is 2.34. The van der Waals surface area contributed by atoms with Crippen molar-refractivity contribution in [3.63, 3.8) is 0 Å². The first-order chi connectivity index (χ1) is 10.5. The lowest BCUT2D eigenvalue weighted by atomic mass is 9.79. The molecule has 0 aliphatic carbocycles. The van der Waals surface area contributed by atoms with Gasteiger partial charge in [0.25, 0.3) is 5.50 Å². The molecule has 138 valence electrons. The fraction of sp³-hybridized carbons (Fsp3) is 0.917. The molecule has 0 aromatic carbocycles. The second kappa shape index (κ2) is 6.34. The summed E-state index contributed by atoms with van der Waals surface area (Å²) >= 11 is 0. The summed E-state index contributed by atoms with van der Waals surface area (Å²) in [6.45, 7) is 6.43. The molecule has 0 aromatic heterocycles. The zero-order valence-corrected chi connectivity index (χ0v) is 14.2. The third-order valence-electron chi connectivity index (χ3n) is 4.18. The highest BCUT2D eigenvalue weighted by atomic mass is 19.4. The van der Waals surface area contributed by atoms with Crippen LogP contribution >= 0.6 is 0 Å². The number of ether oxygens (including phenoxy) is 1. The van der Waals surface area contributed by atoms with E-state index in [1.165, 1.54) is 0 Å². The molecule has 0 spiro atoms. The zero-order chi connectivity index (χ0) is 19.1. The Morgan fingerprint density at radius 3 is 1.83 bits per heavy atom. The smallest absolute Gasteiger partial charge is 0.428 e. The molecular weight excluding hydrogens is 340 g/mol. The standard InChI is InChI=1S/C12H20B2F6N2O2/c1-9(2,3)21-4-5-22(7(13)6-21)8(23)24-10(14,11(15,16)17)12(18,19)20/h7H,4-6,13-14H2,1-3H3. The van der Waals surface area contributed by atoms with Gasteiger partial charge in [0.1, 0.15) is 7.85 Å². The Morgan fingerprint density at radius 2 is 1.50 bits per heavy atom. The quantitative estimate of drug-likeness (QED) is 0.516. The average molecular weight is 360 g/mol. The zero-order valence-electron chi connectivity index (χ0n) is 14.2. The molecule has 24 heavy (non-hydrogen) atoms. The summed E-state index contributed by atoms with van der Waals surface area (Å²) in [5.74, 6) is -0.573. The lowest BCUT2D eigenvalue weighted by Crippen LogP contribution is -2.64. The number of carbonyl (C=O) groups is 1. The van der Waals surface area contributed by atoms with Crippen molar-refractivity contribution in [2.75, 3.05) is 19.6 Å². The maximum Gasteiger partial charge on any atom is 0.428 e. The van der Waals surface area contributed by atoms with Crippen LogP contribution in [-0.2, 0) is 4.74 Å². The van der Waals surface area contributed by atoms with Gasteiger partial charge in [-0.1, -0.05) is 0 Å². The molecule has 1 saturated heterocycles. The topological polar surface area (TPSA) is 32.8 Å². The van der Waals surface area contributed by atoms with Gasteiger partial charge in [-0.25, -0.2) is 4.79 Å². The SMILES string of the molecule is BC1CN(C(C)(C)C)CCN1C(=O)OC(B)(C(F)(F)F)C(F)(F)F. The van der Waals surface area contributed by atoms with Crippen molar-refractivity contribution in [3.8, 4) is 0 Å². The number of alkyl halides is 6. The third kappa shape index (κ3) is 4.12. The fourth-order valence-electron chi connectivity index (χ4n) is 2.35. The molecule has 1 atom stereocenters. The maximum atomic E-state index is 12.8. The van der Waals surface area contributed by atoms with Gasteiger partial charge in [0.15, 0.2) is 7.85 Å². The second-order valence-corrected chi connectivity index (χ2v) is 7.06. The van der Waals surface area contributed by atoms with Gasteiger partial charge in [0.2, 0.25) is 0 Å². The van der Waals surface area contributed by atoms with E-state index < -0.39 is 29.9 Å². The first kappa shape index (κ1) is 21.0. The van der Waals surface area contributed by atoms with Gasteiger partial charge in [-0.3, -0.25) is 4.90 Å². The molecule has 0 aromatic rings. The highest BCUT2D eigenvalue weighted by molar-refractivity contribution is 6.17. The van der Waals surface area contributed by atoms with Crippen LogP contribution in [0.2, 0.25) is 0 Å². The summed E-state index contributed by atoms with van der Waals surface area (Å²) in [4.78, 5) is 14.9. The predicted octanol–water partition coefficient (Wildman–Crippen LogP) is 0.952. The summed E-state index contributed by atoms with van der Waals surface area (Å²) in [7, 11) is 1.37. The minimum absolute atomic E-state index is 0.0108. The first-order valence-corrected chi connectivity index (χ1v) is 7.39. The molecular formula is C12H20B2F6N2O2. The molecule has 1 fully saturated rings. The first-order valence-electron chi connectivity index (χ1n) is 7.39. The van der Waals surface area contributed by atoms with Gasteiger partial charge in [0, 0.05) is 31.1 Å². The van der Waals surface area contributed by atoms with Crippen molar-refractivity contribution in [3.05, 3.63) is 0 Å². The molecule has 0 bridgehead atoms. The lowest BCUT2D eigenvalue weighted by molar-refractivity contribution is -0.331. The van der Waals surface area contributed by atoms with E-state index in [1.54, 1.807) is 7.85 Å². The van der Waals surface area contributed by atoms with Crippen molar-refractivity contribution in [2.45, 2.75) is 50.1 Å². The molecule has 1 amide bonds. The second-order valence-electron chi connectivity index (χ2n) is 7.06. The summed E-state index contributed by atoms with van der Waals surface area (Å²) in [5.41, 5.74) is -4.77. The number of nitrogens with zero attached hydrogens (tertiary/aromatic N) is 2. The number of hydrogen-bond donors (Lipinski definition) is 0. The lowest BCUT2D eigenvalue weighted by Gasteiger charge is -2.46. The molecule has 12 heteroatoms. The largest absolute Gasteiger partial charge is 0.433 e. The number of amides is 1. The van der Waals surface area contributed by atoms with E-state index in [-0.39, 0.29) is 19.9 Å². The molecule has 1 unspecified atom stereocenters. The number of halogens is 6. The van der Waals surface area contributed by atoms with Crippen molar-refractivity contribution < 1.29 is 35.9 Å². The number of rotatable bonds is 1. The van der Waals surface area contributed by atoms with Gasteiger partial charge >= 0.3 is 18.4 Å². The molecule has 0 saturated carbocycles. The molecule has 1 aliphatic heterocycles. The Hall–Kier alpha value is -1.06. The summed E-state index contributed by atoms with van der Waals surface area (Å²) in [6, 6.07) is 0. The Kier molecular flexibility index (Phi) is 5.55. The number of carbonyl (C=O) groups excluding carboxylic acids is 1. The van der Waals surface area contributed by atoms with E-state index in [1.807, 2.05) is 25.7 Å². The van der Waals surface area contributed by atoms with Crippen LogP contribution in [0.15, 0.2) is 0 Å². The minimum Gasteiger partial charge on any atom is -0.433 e. The van der Waals surface area contributed by atoms with Gasteiger partial charge in [-0.15, -0.1) is 0 Å². The van der Waals surface area contributed by atoms with Crippen LogP contribution in [0.1, 0.15) is 20.8 Å². The van der Waals surface area contributed by atoms with Gasteiger partial charge in [-0.05, 0) is 20.8 Å². The van der Waals surface area contributed by atoms with E-state index in [0.29, 0.717) is 13.1 Å². The van der Waals surface area contributed by atoms with Crippen LogP contribution in [0.25, 0.3) is 0 Å². The van der Waals surface area contributed by atoms with E-state index in [9.17, 15) is 31.1 Å². The molecule has 0 radical (unpaired) electrons. The summed E-state index contributed by atoms with van der Waals surface area (Å²) < 4.78 is 80.8. The predicted molar refractivity (Wildman–Crippen MR) is 80.2 cm³/mol. The molecule has 1 rings (SSSR count). The van der Waals surface area contributed by atoms with Crippen LogP contribution in [0, 0.1) is 0 Å². The van der Waals surface area contributed by atoms with Crippen LogP contribution in [0.5, 0.6) is 0 Å². The van der Waals surface area contributed by atoms with E-state index in [4.69, 9.17) is 0 Å². The van der Waals surface area contributed by atoms with Crippen molar-refractivity contribution in [2.24, 2.45) is 0 Å². The number of piperazine rings is 1. The van der Waals surface area contributed by atoms with Crippen LogP contribution < -0.4 is 0 Å². The monoisotopic (exact) mass is 360 g/mol.